The summed E-state index contributed by atoms with van der Waals surface area (Å²) >= 11 is 1.43. The van der Waals surface area contributed by atoms with Gasteiger partial charge in [0, 0.05) is 10.4 Å². The number of nitrogens with one attached hydrogen (secondary N) is 2. The molecule has 1 aromatic heterocycles. The summed E-state index contributed by atoms with van der Waals surface area (Å²) in [6.07, 6.45) is 4.38. The second-order valence-corrected chi connectivity index (χ2v) is 9.81. The number of aromatic hydroxyl groups is 1. The van der Waals surface area contributed by atoms with E-state index in [1.807, 2.05) is 0 Å². The molecular formula is C28H29N3O6S. The van der Waals surface area contributed by atoms with Crippen LogP contribution in [0.1, 0.15) is 63.4 Å². The number of rotatable bonds is 9. The molecule has 198 valence electrons. The third-order valence-electron chi connectivity index (χ3n) is 5.96. The molecule has 2 amide bonds. The van der Waals surface area contributed by atoms with Crippen LogP contribution in [-0.2, 0) is 22.4 Å². The molecule has 1 unspecified atom stereocenters. The van der Waals surface area contributed by atoms with Crippen molar-refractivity contribution >= 4 is 40.3 Å². The van der Waals surface area contributed by atoms with Crippen LogP contribution in [0.2, 0.25) is 0 Å². The Hall–Kier alpha value is -4.18. The number of thiophene rings is 1. The first-order chi connectivity index (χ1) is 18.4. The minimum atomic E-state index is -0.837. The lowest BCUT2D eigenvalue weighted by molar-refractivity contribution is -0.127. The number of hydrazone groups is 1. The van der Waals surface area contributed by atoms with E-state index in [-0.39, 0.29) is 18.3 Å². The number of anilines is 1. The maximum absolute atomic E-state index is 13.0. The Labute approximate surface area is 224 Å². The molecule has 1 atom stereocenters. The molecule has 3 N–H and O–H groups in total. The molecule has 0 saturated heterocycles. The molecule has 2 aromatic carbocycles. The molecule has 0 fully saturated rings. The van der Waals surface area contributed by atoms with Crippen molar-refractivity contribution in [3.8, 4) is 11.5 Å². The summed E-state index contributed by atoms with van der Waals surface area (Å²) in [6, 6.07) is 12.7. The summed E-state index contributed by atoms with van der Waals surface area (Å²) in [5, 5.41) is 16.6. The minimum absolute atomic E-state index is 0.142. The largest absolute Gasteiger partial charge is 0.508 e. The Balaban J connectivity index is 1.36. The number of hydrogen-bond donors (Lipinski definition) is 3. The number of aryl methyl sites for hydroxylation is 1. The summed E-state index contributed by atoms with van der Waals surface area (Å²) in [7, 11) is 0. The predicted molar refractivity (Wildman–Crippen MR) is 145 cm³/mol. The average Bonchev–Trinajstić information content (AvgIpc) is 3.28. The van der Waals surface area contributed by atoms with Gasteiger partial charge in [0.2, 0.25) is 0 Å². The average molecular weight is 536 g/mol. The first kappa shape index (κ1) is 26.9. The van der Waals surface area contributed by atoms with Gasteiger partial charge in [-0.25, -0.2) is 10.2 Å². The minimum Gasteiger partial charge on any atom is -0.508 e. The fraction of sp³-hybridized carbons (Fsp3) is 0.286. The molecule has 9 nitrogen and oxygen atoms in total. The Morgan fingerprint density at radius 1 is 1.08 bits per heavy atom. The Morgan fingerprint density at radius 3 is 2.50 bits per heavy atom. The van der Waals surface area contributed by atoms with Gasteiger partial charge in [0.25, 0.3) is 11.8 Å². The van der Waals surface area contributed by atoms with Crippen LogP contribution in [0.5, 0.6) is 11.5 Å². The maximum Gasteiger partial charge on any atom is 0.341 e. The number of phenols is 1. The highest BCUT2D eigenvalue weighted by atomic mass is 32.1. The van der Waals surface area contributed by atoms with Gasteiger partial charge in [0.1, 0.15) is 16.5 Å². The highest BCUT2D eigenvalue weighted by Crippen LogP contribution is 2.38. The van der Waals surface area contributed by atoms with Crippen LogP contribution >= 0.6 is 11.3 Å². The second kappa shape index (κ2) is 12.4. The van der Waals surface area contributed by atoms with Crippen molar-refractivity contribution in [3.05, 3.63) is 75.7 Å². The zero-order valence-corrected chi connectivity index (χ0v) is 22.0. The predicted octanol–water partition coefficient (Wildman–Crippen LogP) is 4.68. The fourth-order valence-electron chi connectivity index (χ4n) is 4.01. The van der Waals surface area contributed by atoms with E-state index in [0.717, 1.165) is 36.1 Å². The van der Waals surface area contributed by atoms with Crippen molar-refractivity contribution in [2.24, 2.45) is 5.10 Å². The van der Waals surface area contributed by atoms with Crippen LogP contribution in [0.3, 0.4) is 0 Å². The van der Waals surface area contributed by atoms with Crippen LogP contribution in [0.4, 0.5) is 5.00 Å². The standard InChI is InChI=1S/C28H29N3O6S/c1-3-36-28(35)24-22-6-4-5-7-23(22)38-27(24)30-26(34)19-10-14-21(15-11-19)37-17(2)25(33)31-29-16-18-8-12-20(32)13-9-18/h8-17,32H,3-7H2,1-2H3,(H,30,34)(H,31,33)/b29-16+. The van der Waals surface area contributed by atoms with Crippen molar-refractivity contribution in [2.45, 2.75) is 45.6 Å². The van der Waals surface area contributed by atoms with Crippen LogP contribution in [-0.4, -0.2) is 41.8 Å². The van der Waals surface area contributed by atoms with Gasteiger partial charge in [-0.2, -0.15) is 5.10 Å². The number of carbonyl (C=O) groups is 3. The molecule has 4 rings (SSSR count). The van der Waals surface area contributed by atoms with Crippen molar-refractivity contribution in [3.63, 3.8) is 0 Å². The zero-order valence-electron chi connectivity index (χ0n) is 21.2. The molecule has 0 radical (unpaired) electrons. The Morgan fingerprint density at radius 2 is 1.79 bits per heavy atom. The topological polar surface area (TPSA) is 126 Å². The number of amides is 2. The lowest BCUT2D eigenvalue weighted by atomic mass is 9.95. The molecule has 38 heavy (non-hydrogen) atoms. The molecule has 1 heterocycles. The van der Waals surface area contributed by atoms with E-state index in [1.54, 1.807) is 50.2 Å². The molecule has 10 heteroatoms. The summed E-state index contributed by atoms with van der Waals surface area (Å²) in [5.74, 6) is -0.662. The molecule has 0 bridgehead atoms. The third kappa shape index (κ3) is 6.57. The number of fused-ring (bicyclic) bond motifs is 1. The number of hydrogen-bond acceptors (Lipinski definition) is 8. The molecular weight excluding hydrogens is 506 g/mol. The van der Waals surface area contributed by atoms with Crippen molar-refractivity contribution in [1.82, 2.24) is 5.43 Å². The molecule has 0 spiro atoms. The van der Waals surface area contributed by atoms with Gasteiger partial charge in [-0.05, 0) is 99.2 Å². The molecule has 1 aliphatic carbocycles. The summed E-state index contributed by atoms with van der Waals surface area (Å²) < 4.78 is 10.9. The van der Waals surface area contributed by atoms with E-state index < -0.39 is 18.0 Å². The van der Waals surface area contributed by atoms with Gasteiger partial charge in [-0.15, -0.1) is 11.3 Å². The first-order valence-corrected chi connectivity index (χ1v) is 13.2. The normalized spacial score (nSPS) is 13.4. The lowest BCUT2D eigenvalue weighted by Gasteiger charge is -2.13. The molecule has 0 saturated carbocycles. The second-order valence-electron chi connectivity index (χ2n) is 8.70. The zero-order chi connectivity index (χ0) is 27.1. The van der Waals surface area contributed by atoms with Gasteiger partial charge in [0.15, 0.2) is 6.10 Å². The van der Waals surface area contributed by atoms with E-state index in [1.165, 1.54) is 29.7 Å². The van der Waals surface area contributed by atoms with Crippen LogP contribution in [0, 0.1) is 0 Å². The van der Waals surface area contributed by atoms with Gasteiger partial charge in [0.05, 0.1) is 18.4 Å². The number of phenolic OH excluding ortho intramolecular Hbond substituents is 1. The van der Waals surface area contributed by atoms with Gasteiger partial charge >= 0.3 is 5.97 Å². The highest BCUT2D eigenvalue weighted by Gasteiger charge is 2.27. The first-order valence-electron chi connectivity index (χ1n) is 12.4. The van der Waals surface area contributed by atoms with E-state index in [4.69, 9.17) is 9.47 Å². The Kier molecular flexibility index (Phi) is 8.75. The third-order valence-corrected chi connectivity index (χ3v) is 7.17. The summed E-state index contributed by atoms with van der Waals surface area (Å²) in [5.41, 5.74) is 4.95. The quantitative estimate of drug-likeness (QED) is 0.208. The van der Waals surface area contributed by atoms with E-state index in [0.29, 0.717) is 27.4 Å². The van der Waals surface area contributed by atoms with Crippen molar-refractivity contribution in [2.75, 3.05) is 11.9 Å². The monoisotopic (exact) mass is 535 g/mol. The van der Waals surface area contributed by atoms with Gasteiger partial charge in [-0.1, -0.05) is 0 Å². The molecule has 3 aromatic rings. The fourth-order valence-corrected chi connectivity index (χ4v) is 5.29. The van der Waals surface area contributed by atoms with Crippen LogP contribution < -0.4 is 15.5 Å². The van der Waals surface area contributed by atoms with Gasteiger partial charge in [-0.3, -0.25) is 9.59 Å². The number of ether oxygens (including phenoxy) is 2. The number of esters is 1. The maximum atomic E-state index is 13.0. The summed E-state index contributed by atoms with van der Waals surface area (Å²) in [6.45, 7) is 3.61. The SMILES string of the molecule is CCOC(=O)c1c(NC(=O)c2ccc(OC(C)C(=O)N/N=C/c3ccc(O)cc3)cc2)sc2c1CCCC2. The van der Waals surface area contributed by atoms with Crippen LogP contribution in [0.15, 0.2) is 53.6 Å². The number of benzene rings is 2. The molecule has 0 aliphatic heterocycles. The summed E-state index contributed by atoms with van der Waals surface area (Å²) in [4.78, 5) is 39.0. The highest BCUT2D eigenvalue weighted by molar-refractivity contribution is 7.17. The van der Waals surface area contributed by atoms with Gasteiger partial charge < -0.3 is 19.9 Å². The van der Waals surface area contributed by atoms with Crippen LogP contribution in [0.25, 0.3) is 0 Å². The Bertz CT molecular complexity index is 1330. The van der Waals surface area contributed by atoms with Crippen molar-refractivity contribution in [1.29, 1.82) is 0 Å². The van der Waals surface area contributed by atoms with E-state index >= 15 is 0 Å². The number of nitrogens with zero attached hydrogens (tertiary/aromatic N) is 1. The van der Waals surface area contributed by atoms with E-state index in [9.17, 15) is 19.5 Å². The smallest absolute Gasteiger partial charge is 0.341 e. The van der Waals surface area contributed by atoms with Crippen molar-refractivity contribution < 1.29 is 29.0 Å². The lowest BCUT2D eigenvalue weighted by Crippen LogP contribution is -2.33. The van der Waals surface area contributed by atoms with E-state index in [2.05, 4.69) is 15.8 Å². The number of carbonyl (C=O) groups excluding carboxylic acids is 3. The molecule has 1 aliphatic rings.